The fraction of sp³-hybridized carbons (Fsp3) is 0.188. The third-order valence-electron chi connectivity index (χ3n) is 3.30. The first-order valence-corrected chi connectivity index (χ1v) is 6.53. The van der Waals surface area contributed by atoms with E-state index in [2.05, 4.69) is 4.74 Å². The highest BCUT2D eigenvalue weighted by Gasteiger charge is 2.30. The average Bonchev–Trinajstić information content (AvgIpc) is 2.55. The van der Waals surface area contributed by atoms with Gasteiger partial charge in [0.2, 0.25) is 34.8 Å². The molecule has 0 saturated carbocycles. The van der Waals surface area contributed by atoms with E-state index in [0.717, 1.165) is 5.56 Å². The molecule has 0 bridgehead atoms. The van der Waals surface area contributed by atoms with Crippen molar-refractivity contribution >= 4 is 5.97 Å². The Hall–Kier alpha value is -2.44. The predicted molar refractivity (Wildman–Crippen MR) is 71.5 cm³/mol. The van der Waals surface area contributed by atoms with Crippen LogP contribution in [0.3, 0.4) is 0 Å². The van der Waals surface area contributed by atoms with E-state index in [1.165, 1.54) is 6.92 Å². The molecule has 0 saturated heterocycles. The molecule has 2 aromatic rings. The van der Waals surface area contributed by atoms with E-state index in [4.69, 9.17) is 0 Å². The molecule has 0 radical (unpaired) electrons. The van der Waals surface area contributed by atoms with Gasteiger partial charge in [-0.15, -0.1) is 0 Å². The molecule has 0 aliphatic rings. The number of carbonyl (C=O) groups excluding carboxylic acids is 1. The van der Waals surface area contributed by atoms with Crippen LogP contribution in [0.2, 0.25) is 0 Å². The van der Waals surface area contributed by atoms with Crippen LogP contribution in [0.25, 0.3) is 0 Å². The Morgan fingerprint density at radius 2 is 1.30 bits per heavy atom. The van der Waals surface area contributed by atoms with Gasteiger partial charge in [-0.25, -0.2) is 13.2 Å². The molecule has 0 spiro atoms. The average molecular weight is 330 g/mol. The Balaban J connectivity index is 2.32. The van der Waals surface area contributed by atoms with Gasteiger partial charge in [0.25, 0.3) is 0 Å². The van der Waals surface area contributed by atoms with Gasteiger partial charge in [0.15, 0.2) is 0 Å². The molecule has 122 valence electrons. The molecule has 2 rings (SSSR count). The smallest absolute Gasteiger partial charge is 0.318 e. The van der Waals surface area contributed by atoms with Crippen molar-refractivity contribution in [2.45, 2.75) is 19.8 Å². The van der Waals surface area contributed by atoms with E-state index in [0.29, 0.717) is 5.56 Å². The van der Waals surface area contributed by atoms with E-state index in [1.54, 1.807) is 24.3 Å². The SMILES string of the molecule is Cc1ccc([C@H](C)C(=O)Oc2c(F)c(F)c(F)c(F)c2F)cc1. The molecule has 0 amide bonds. The normalized spacial score (nSPS) is 12.1. The quantitative estimate of drug-likeness (QED) is 0.274. The monoisotopic (exact) mass is 330 g/mol. The number of hydrogen-bond donors (Lipinski definition) is 0. The summed E-state index contributed by atoms with van der Waals surface area (Å²) in [7, 11) is 0. The highest BCUT2D eigenvalue weighted by molar-refractivity contribution is 5.80. The van der Waals surface area contributed by atoms with E-state index >= 15 is 0 Å². The van der Waals surface area contributed by atoms with Crippen molar-refractivity contribution in [2.24, 2.45) is 0 Å². The maximum atomic E-state index is 13.5. The van der Waals surface area contributed by atoms with Crippen LogP contribution in [-0.4, -0.2) is 5.97 Å². The van der Waals surface area contributed by atoms with E-state index in [-0.39, 0.29) is 0 Å². The van der Waals surface area contributed by atoms with Crippen LogP contribution < -0.4 is 4.74 Å². The van der Waals surface area contributed by atoms with Gasteiger partial charge in [0, 0.05) is 0 Å². The molecule has 0 unspecified atom stereocenters. The zero-order chi connectivity index (χ0) is 17.3. The van der Waals surface area contributed by atoms with Crippen LogP contribution in [-0.2, 0) is 4.79 Å². The zero-order valence-electron chi connectivity index (χ0n) is 12.1. The predicted octanol–water partition coefficient (Wildman–Crippen LogP) is 4.40. The van der Waals surface area contributed by atoms with Gasteiger partial charge in [-0.1, -0.05) is 29.8 Å². The highest BCUT2D eigenvalue weighted by atomic mass is 19.2. The molecular weight excluding hydrogens is 319 g/mol. The van der Waals surface area contributed by atoms with Gasteiger partial charge in [0.1, 0.15) is 0 Å². The number of benzene rings is 2. The summed E-state index contributed by atoms with van der Waals surface area (Å²) in [4.78, 5) is 11.9. The molecule has 0 aliphatic carbocycles. The molecule has 1 atom stereocenters. The minimum absolute atomic E-state index is 0.476. The standard InChI is InChI=1S/C16H11F5O2/c1-7-3-5-9(6-4-7)8(2)16(22)23-15-13(20)11(18)10(17)12(19)14(15)21/h3-6,8H,1-2H3/t8-/m0/s1. The molecule has 0 heterocycles. The van der Waals surface area contributed by atoms with Gasteiger partial charge in [-0.2, -0.15) is 8.78 Å². The van der Waals surface area contributed by atoms with Crippen molar-refractivity contribution in [3.8, 4) is 5.75 Å². The summed E-state index contributed by atoms with van der Waals surface area (Å²) in [6, 6.07) is 6.61. The van der Waals surface area contributed by atoms with Gasteiger partial charge in [-0.05, 0) is 19.4 Å². The number of halogens is 5. The third kappa shape index (κ3) is 3.18. The van der Waals surface area contributed by atoms with Crippen molar-refractivity contribution in [1.29, 1.82) is 0 Å². The first-order chi connectivity index (χ1) is 10.7. The Morgan fingerprint density at radius 1 is 0.870 bits per heavy atom. The summed E-state index contributed by atoms with van der Waals surface area (Å²) < 4.78 is 70.4. The van der Waals surface area contributed by atoms with Crippen molar-refractivity contribution in [3.05, 3.63) is 64.5 Å². The maximum absolute atomic E-state index is 13.5. The van der Waals surface area contributed by atoms with Gasteiger partial charge >= 0.3 is 5.97 Å². The lowest BCUT2D eigenvalue weighted by molar-refractivity contribution is -0.136. The Kier molecular flexibility index (Phi) is 4.68. The molecule has 0 N–H and O–H groups in total. The fourth-order valence-corrected chi connectivity index (χ4v) is 1.85. The van der Waals surface area contributed by atoms with Crippen LogP contribution in [0, 0.1) is 36.0 Å². The fourth-order valence-electron chi connectivity index (χ4n) is 1.85. The molecule has 7 heteroatoms. The second-order valence-electron chi connectivity index (χ2n) is 4.95. The Bertz CT molecular complexity index is 727. The molecule has 0 aromatic heterocycles. The lowest BCUT2D eigenvalue weighted by Gasteiger charge is -2.13. The van der Waals surface area contributed by atoms with Crippen LogP contribution in [0.1, 0.15) is 24.0 Å². The second-order valence-corrected chi connectivity index (χ2v) is 4.95. The lowest BCUT2D eigenvalue weighted by Crippen LogP contribution is -2.19. The van der Waals surface area contributed by atoms with Crippen molar-refractivity contribution in [1.82, 2.24) is 0 Å². The molecule has 23 heavy (non-hydrogen) atoms. The summed E-state index contributed by atoms with van der Waals surface area (Å²) in [6.07, 6.45) is 0. The van der Waals surface area contributed by atoms with E-state index in [9.17, 15) is 26.7 Å². The third-order valence-corrected chi connectivity index (χ3v) is 3.30. The summed E-state index contributed by atoms with van der Waals surface area (Å²) >= 11 is 0. The van der Waals surface area contributed by atoms with E-state index in [1.807, 2.05) is 6.92 Å². The van der Waals surface area contributed by atoms with Gasteiger partial charge in [0.05, 0.1) is 5.92 Å². The minimum atomic E-state index is -2.31. The molecule has 0 fully saturated rings. The zero-order valence-corrected chi connectivity index (χ0v) is 12.1. The minimum Gasteiger partial charge on any atom is -0.420 e. The number of hydrogen-bond acceptors (Lipinski definition) is 2. The summed E-state index contributed by atoms with van der Waals surface area (Å²) in [5, 5.41) is 0. The first kappa shape index (κ1) is 16.9. The number of aryl methyl sites for hydroxylation is 1. The lowest BCUT2D eigenvalue weighted by atomic mass is 10.0. The topological polar surface area (TPSA) is 26.3 Å². The second kappa shape index (κ2) is 6.36. The van der Waals surface area contributed by atoms with Crippen LogP contribution >= 0.6 is 0 Å². The molecule has 0 aliphatic heterocycles. The van der Waals surface area contributed by atoms with Gasteiger partial charge in [-0.3, -0.25) is 4.79 Å². The Labute approximate surface area is 128 Å². The van der Waals surface area contributed by atoms with Crippen molar-refractivity contribution in [2.75, 3.05) is 0 Å². The summed E-state index contributed by atoms with van der Waals surface area (Å²) in [6.45, 7) is 3.21. The number of rotatable bonds is 3. The van der Waals surface area contributed by atoms with Crippen molar-refractivity contribution in [3.63, 3.8) is 0 Å². The van der Waals surface area contributed by atoms with Crippen molar-refractivity contribution < 1.29 is 31.5 Å². The highest BCUT2D eigenvalue weighted by Crippen LogP contribution is 2.30. The Morgan fingerprint density at radius 3 is 1.78 bits per heavy atom. The maximum Gasteiger partial charge on any atom is 0.318 e. The van der Waals surface area contributed by atoms with E-state index < -0.39 is 46.7 Å². The van der Waals surface area contributed by atoms with Crippen LogP contribution in [0.5, 0.6) is 5.75 Å². The van der Waals surface area contributed by atoms with Crippen LogP contribution in [0.15, 0.2) is 24.3 Å². The molecule has 2 nitrogen and oxygen atoms in total. The number of ether oxygens (including phenoxy) is 1. The van der Waals surface area contributed by atoms with Gasteiger partial charge < -0.3 is 4.74 Å². The number of esters is 1. The molecular formula is C16H11F5O2. The summed E-state index contributed by atoms with van der Waals surface area (Å²) in [5.41, 5.74) is 1.40. The largest absolute Gasteiger partial charge is 0.420 e. The molecule has 2 aromatic carbocycles. The number of carbonyl (C=O) groups is 1. The summed E-state index contributed by atoms with van der Waals surface area (Å²) in [5.74, 6) is -14.7. The first-order valence-electron chi connectivity index (χ1n) is 6.53. The van der Waals surface area contributed by atoms with Crippen LogP contribution in [0.4, 0.5) is 22.0 Å².